The first kappa shape index (κ1) is 16.7. The Hall–Kier alpha value is -1.65. The van der Waals surface area contributed by atoms with Gasteiger partial charge in [-0.05, 0) is 12.0 Å². The van der Waals surface area contributed by atoms with Crippen LogP contribution in [-0.4, -0.2) is 30.4 Å². The number of hydrogen-bond acceptors (Lipinski definition) is 3. The van der Waals surface area contributed by atoms with E-state index in [1.165, 1.54) is 0 Å². The summed E-state index contributed by atoms with van der Waals surface area (Å²) < 4.78 is 11.5. The number of unbranched alkanes of at least 4 members (excludes halogenated alkanes) is 1. The normalized spacial score (nSPS) is 23.8. The van der Waals surface area contributed by atoms with Crippen LogP contribution in [0, 0.1) is 11.8 Å². The van der Waals surface area contributed by atoms with E-state index < -0.39 is 11.9 Å². The summed E-state index contributed by atoms with van der Waals surface area (Å²) in [6.45, 7) is 3.64. The maximum absolute atomic E-state index is 11.4. The quantitative estimate of drug-likeness (QED) is 0.562. The van der Waals surface area contributed by atoms with E-state index in [4.69, 9.17) is 9.47 Å². The third kappa shape index (κ3) is 4.68. The van der Waals surface area contributed by atoms with Gasteiger partial charge in [-0.3, -0.25) is 4.79 Å². The fourth-order valence-corrected chi connectivity index (χ4v) is 2.61. The van der Waals surface area contributed by atoms with Gasteiger partial charge in [-0.2, -0.15) is 0 Å². The van der Waals surface area contributed by atoms with Crippen molar-refractivity contribution in [3.63, 3.8) is 0 Å². The monoisotopic (exact) mass is 304 g/mol. The second-order valence-corrected chi connectivity index (χ2v) is 5.60. The van der Waals surface area contributed by atoms with E-state index in [1.807, 2.05) is 36.4 Å². The number of hydrogen-bond donors (Lipinski definition) is 1. The minimum atomic E-state index is -0.814. The summed E-state index contributed by atoms with van der Waals surface area (Å²) in [6.07, 6.45) is 5.48. The average molecular weight is 304 g/mol. The van der Waals surface area contributed by atoms with Gasteiger partial charge < -0.3 is 14.6 Å². The maximum Gasteiger partial charge on any atom is 0.310 e. The molecule has 0 aromatic heterocycles. The van der Waals surface area contributed by atoms with E-state index in [2.05, 4.69) is 6.92 Å². The molecule has 0 heterocycles. The van der Waals surface area contributed by atoms with Crippen molar-refractivity contribution in [1.29, 1.82) is 0 Å². The van der Waals surface area contributed by atoms with Crippen LogP contribution < -0.4 is 0 Å². The van der Waals surface area contributed by atoms with E-state index in [0.717, 1.165) is 18.4 Å². The van der Waals surface area contributed by atoms with Crippen molar-refractivity contribution >= 4 is 5.97 Å². The molecule has 4 heteroatoms. The van der Waals surface area contributed by atoms with Crippen LogP contribution in [0.4, 0.5) is 0 Å². The predicted octanol–water partition coefficient (Wildman–Crippen LogP) is 3.28. The molecule has 0 bridgehead atoms. The lowest BCUT2D eigenvalue weighted by molar-refractivity contribution is -0.144. The van der Waals surface area contributed by atoms with Crippen LogP contribution in [0.15, 0.2) is 42.5 Å². The molecule has 0 saturated carbocycles. The molecule has 120 valence electrons. The second-order valence-electron chi connectivity index (χ2n) is 5.60. The number of aliphatic carboxylic acids is 1. The Balaban J connectivity index is 1.86. The summed E-state index contributed by atoms with van der Waals surface area (Å²) in [5, 5.41) is 9.33. The summed E-state index contributed by atoms with van der Waals surface area (Å²) >= 11 is 0. The fraction of sp³-hybridized carbons (Fsp3) is 0.500. The van der Waals surface area contributed by atoms with Gasteiger partial charge in [-0.25, -0.2) is 0 Å². The van der Waals surface area contributed by atoms with Crippen LogP contribution in [0.25, 0.3) is 0 Å². The van der Waals surface area contributed by atoms with Gasteiger partial charge in [0.15, 0.2) is 0 Å². The smallest absolute Gasteiger partial charge is 0.310 e. The Morgan fingerprint density at radius 3 is 2.68 bits per heavy atom. The highest BCUT2D eigenvalue weighted by Crippen LogP contribution is 2.29. The number of rotatable bonds is 9. The molecule has 1 aromatic rings. The Bertz CT molecular complexity index is 483. The minimum Gasteiger partial charge on any atom is -0.481 e. The van der Waals surface area contributed by atoms with E-state index >= 15 is 0 Å². The van der Waals surface area contributed by atoms with E-state index in [9.17, 15) is 9.90 Å². The van der Waals surface area contributed by atoms with Crippen molar-refractivity contribution < 1.29 is 19.4 Å². The lowest BCUT2D eigenvalue weighted by Crippen LogP contribution is -2.31. The van der Waals surface area contributed by atoms with E-state index in [1.54, 1.807) is 6.08 Å². The highest BCUT2D eigenvalue weighted by Gasteiger charge is 2.36. The minimum absolute atomic E-state index is 0.155. The topological polar surface area (TPSA) is 55.8 Å². The average Bonchev–Trinajstić information content (AvgIpc) is 2.92. The molecule has 3 atom stereocenters. The Morgan fingerprint density at radius 1 is 1.23 bits per heavy atom. The molecule has 0 aliphatic heterocycles. The summed E-state index contributed by atoms with van der Waals surface area (Å²) in [6, 6.07) is 9.88. The molecule has 0 amide bonds. The lowest BCUT2D eigenvalue weighted by atomic mass is 9.95. The van der Waals surface area contributed by atoms with Crippen LogP contribution in [-0.2, 0) is 20.9 Å². The predicted molar refractivity (Wildman–Crippen MR) is 84.5 cm³/mol. The second kappa shape index (κ2) is 8.71. The molecule has 1 aromatic carbocycles. The Labute approximate surface area is 131 Å². The van der Waals surface area contributed by atoms with Crippen molar-refractivity contribution in [3.05, 3.63) is 48.0 Å². The first-order valence-electron chi connectivity index (χ1n) is 7.86. The van der Waals surface area contributed by atoms with Crippen LogP contribution >= 0.6 is 0 Å². The van der Waals surface area contributed by atoms with Crippen LogP contribution in [0.3, 0.4) is 0 Å². The first-order chi connectivity index (χ1) is 10.7. The third-order valence-corrected chi connectivity index (χ3v) is 3.91. The highest BCUT2D eigenvalue weighted by atomic mass is 16.5. The molecule has 0 spiro atoms. The summed E-state index contributed by atoms with van der Waals surface area (Å²) in [5.41, 5.74) is 1.09. The van der Waals surface area contributed by atoms with Crippen LogP contribution in [0.2, 0.25) is 0 Å². The molecule has 1 aliphatic carbocycles. The zero-order valence-corrected chi connectivity index (χ0v) is 13.0. The van der Waals surface area contributed by atoms with Crippen LogP contribution in [0.5, 0.6) is 0 Å². The number of ether oxygens (including phenoxy) is 2. The summed E-state index contributed by atoms with van der Waals surface area (Å²) in [4.78, 5) is 11.4. The molecular weight excluding hydrogens is 280 g/mol. The largest absolute Gasteiger partial charge is 0.481 e. The number of carboxylic acids is 1. The molecule has 0 unspecified atom stereocenters. The number of carbonyl (C=O) groups is 1. The van der Waals surface area contributed by atoms with Crippen molar-refractivity contribution in [2.45, 2.75) is 32.5 Å². The third-order valence-electron chi connectivity index (χ3n) is 3.91. The number of carboxylic acid groups (broad SMARTS) is 1. The molecule has 1 N–H and O–H groups in total. The zero-order chi connectivity index (χ0) is 15.8. The first-order valence-corrected chi connectivity index (χ1v) is 7.86. The molecule has 0 radical (unpaired) electrons. The van der Waals surface area contributed by atoms with Crippen molar-refractivity contribution in [2.75, 3.05) is 13.2 Å². The molecule has 4 nitrogen and oxygen atoms in total. The summed E-state index contributed by atoms with van der Waals surface area (Å²) in [5.74, 6) is -1.49. The lowest BCUT2D eigenvalue weighted by Gasteiger charge is -2.23. The molecule has 2 rings (SSSR count). The Morgan fingerprint density at radius 2 is 2.00 bits per heavy atom. The highest BCUT2D eigenvalue weighted by molar-refractivity contribution is 5.73. The van der Waals surface area contributed by atoms with Gasteiger partial charge >= 0.3 is 5.97 Å². The molecular formula is C18H24O4. The fourth-order valence-electron chi connectivity index (χ4n) is 2.61. The molecule has 1 aliphatic rings. The van der Waals surface area contributed by atoms with Gasteiger partial charge in [-0.1, -0.05) is 55.8 Å². The zero-order valence-electron chi connectivity index (χ0n) is 13.0. The molecule has 22 heavy (non-hydrogen) atoms. The maximum atomic E-state index is 11.4. The molecule has 0 fully saturated rings. The summed E-state index contributed by atoms with van der Waals surface area (Å²) in [7, 11) is 0. The van der Waals surface area contributed by atoms with E-state index in [0.29, 0.717) is 19.8 Å². The van der Waals surface area contributed by atoms with Crippen molar-refractivity contribution in [2.24, 2.45) is 11.8 Å². The van der Waals surface area contributed by atoms with Gasteiger partial charge in [0, 0.05) is 12.5 Å². The standard InChI is InChI=1S/C18H24O4/c1-2-3-11-22-17-10-9-15(18(19)20)16(17)13-21-12-14-7-5-4-6-8-14/h4-10,15-17H,2-3,11-13H2,1H3,(H,19,20)/t15-,16+,17+/m1/s1. The van der Waals surface area contributed by atoms with Gasteiger partial charge in [0.2, 0.25) is 0 Å². The SMILES string of the molecule is CCCCO[C@H]1C=C[C@@H](C(=O)O)[C@@H]1COCc1ccccc1. The van der Waals surface area contributed by atoms with Gasteiger partial charge in [0.25, 0.3) is 0 Å². The van der Waals surface area contributed by atoms with Gasteiger partial charge in [0.1, 0.15) is 0 Å². The Kier molecular flexibility index (Phi) is 6.62. The van der Waals surface area contributed by atoms with Crippen molar-refractivity contribution in [1.82, 2.24) is 0 Å². The van der Waals surface area contributed by atoms with Gasteiger partial charge in [-0.15, -0.1) is 0 Å². The van der Waals surface area contributed by atoms with Gasteiger partial charge in [0.05, 0.1) is 25.2 Å². The van der Waals surface area contributed by atoms with E-state index in [-0.39, 0.29) is 12.0 Å². The van der Waals surface area contributed by atoms with Crippen LogP contribution in [0.1, 0.15) is 25.3 Å². The van der Waals surface area contributed by atoms with Crippen molar-refractivity contribution in [3.8, 4) is 0 Å². The molecule has 0 saturated heterocycles. The number of benzene rings is 1.